The molecule has 32 rings (SSSR count). The Balaban J connectivity index is 0.0000000955. The number of aryl methyl sites for hydroxylation is 4. The van der Waals surface area contributed by atoms with Crippen LogP contribution in [0.2, 0.25) is 0 Å². The monoisotopic (exact) mass is 1870 g/mol. The molecule has 4 N–H and O–H groups in total. The highest BCUT2D eigenvalue weighted by Gasteiger charge is 2.61. The molecular weight excluding hydrogens is 1760 g/mol. The summed E-state index contributed by atoms with van der Waals surface area (Å²) < 4.78 is 37.6. The molecule has 0 radical (unpaired) electrons. The van der Waals surface area contributed by atoms with E-state index in [0.29, 0.717) is 144 Å². The summed E-state index contributed by atoms with van der Waals surface area (Å²) in [6.07, 6.45) is 50.6. The first-order chi connectivity index (χ1) is 64.7. The van der Waals surface area contributed by atoms with E-state index in [1.807, 2.05) is 56.8 Å². The maximum absolute atomic E-state index is 13.5. The minimum absolute atomic E-state index is 0.0276. The van der Waals surface area contributed by atoms with E-state index in [0.717, 1.165) is 190 Å². The van der Waals surface area contributed by atoms with Crippen molar-refractivity contribution in [2.24, 2.45) is 145 Å². The van der Waals surface area contributed by atoms with Crippen LogP contribution in [0.15, 0.2) is 136 Å². The molecule has 16 atom stereocenters. The van der Waals surface area contributed by atoms with E-state index >= 15 is 0 Å². The number of allylic oxidation sites excluding steroid dienone is 4. The summed E-state index contributed by atoms with van der Waals surface area (Å²) >= 11 is 19.6. The SMILES string of the molecule is CC1=CC2OCCC2C=C1Nc1ncc2c(n1)n(C1C3CC4CC1CC(C)(C4)C3)c(=O)n2C.Cn1c(=O)n(C2C3CC4CC2CC(C#N)(C4)C3)c2nc(NC3=CC4CCOC4C=C3Cl)ncc21.Cn1c(=O)n(C2C3CC4CC2CC(C#N)(C4)C3)c2nc(NC3=CC4CCOC4C=C3Cl)ncc21.Cn1c(=O)n(C2C3CC4CC2CC(C)(C4)C3)c2nc(NC3=CC4CCOC4C=C3Cl)ncc21. The second-order valence-corrected chi connectivity index (χ2v) is 46.3. The highest BCUT2D eigenvalue weighted by Crippen LogP contribution is 2.68. The van der Waals surface area contributed by atoms with Gasteiger partial charge in [-0.25, -0.2) is 39.1 Å². The summed E-state index contributed by atoms with van der Waals surface area (Å²) in [6, 6.07) is 5.98. The topological polar surface area (TPSA) is 343 Å². The van der Waals surface area contributed by atoms with Crippen LogP contribution < -0.4 is 44.0 Å². The van der Waals surface area contributed by atoms with E-state index in [2.05, 4.69) is 104 Å². The lowest BCUT2D eigenvalue weighted by molar-refractivity contribution is -0.0794. The smallest absolute Gasteiger partial charge is 0.330 e. The molecule has 24 aliphatic rings. The minimum atomic E-state index is -0.193. The van der Waals surface area contributed by atoms with Crippen molar-refractivity contribution in [1.29, 1.82) is 10.5 Å². The number of fused-ring (bicyclic) bond motifs is 8. The molecular formula is C101H117Cl3N22O8. The quantitative estimate of drug-likeness (QED) is 0.0882. The van der Waals surface area contributed by atoms with Crippen LogP contribution in [0.3, 0.4) is 0 Å². The molecule has 16 saturated carbocycles. The van der Waals surface area contributed by atoms with Crippen LogP contribution in [0.1, 0.15) is 199 Å². The summed E-state index contributed by atoms with van der Waals surface area (Å²) in [5.41, 5.74) is 11.0. The van der Waals surface area contributed by atoms with Crippen molar-refractivity contribution in [3.05, 3.63) is 159 Å². The minimum Gasteiger partial charge on any atom is -0.373 e. The molecule has 0 amide bonds. The van der Waals surface area contributed by atoms with Crippen LogP contribution in [0.5, 0.6) is 0 Å². The number of hydrogen-bond acceptors (Lipinski definition) is 22. The fourth-order valence-electron chi connectivity index (χ4n) is 31.7. The van der Waals surface area contributed by atoms with Crippen molar-refractivity contribution in [2.75, 3.05) is 47.7 Å². The zero-order chi connectivity index (χ0) is 91.3. The third kappa shape index (κ3) is 14.2. The molecule has 20 aliphatic carbocycles. The van der Waals surface area contributed by atoms with Crippen LogP contribution in [0, 0.1) is 139 Å². The van der Waals surface area contributed by atoms with Gasteiger partial charge in [-0.15, -0.1) is 0 Å². The third-order valence-corrected chi connectivity index (χ3v) is 37.3. The second kappa shape index (κ2) is 31.9. The Labute approximate surface area is 790 Å². The molecule has 134 heavy (non-hydrogen) atoms. The Kier molecular flexibility index (Phi) is 20.4. The molecule has 8 aromatic rings. The van der Waals surface area contributed by atoms with Gasteiger partial charge in [0.2, 0.25) is 23.8 Å². The van der Waals surface area contributed by atoms with Gasteiger partial charge < -0.3 is 40.2 Å². The Morgan fingerprint density at radius 2 is 0.597 bits per heavy atom. The molecule has 700 valence electrons. The molecule has 20 fully saturated rings. The lowest BCUT2D eigenvalue weighted by atomic mass is 9.48. The normalized spacial score (nSPS) is 38.4. The van der Waals surface area contributed by atoms with Crippen LogP contribution >= 0.6 is 34.8 Å². The molecule has 8 aromatic heterocycles. The Hall–Kier alpha value is -9.79. The largest absolute Gasteiger partial charge is 0.373 e. The maximum atomic E-state index is 13.5. The summed E-state index contributed by atoms with van der Waals surface area (Å²) in [4.78, 5) is 91.5. The van der Waals surface area contributed by atoms with E-state index in [-0.39, 0.29) is 82.2 Å². The van der Waals surface area contributed by atoms with Gasteiger partial charge in [0.05, 0.1) is 104 Å². The van der Waals surface area contributed by atoms with Crippen molar-refractivity contribution in [3.63, 3.8) is 0 Å². The number of imidazole rings is 4. The molecule has 4 saturated heterocycles. The first-order valence-electron chi connectivity index (χ1n) is 49.5. The molecule has 30 nitrogen and oxygen atoms in total. The Morgan fingerprint density at radius 3 is 0.866 bits per heavy atom. The standard InChI is InChI=1S/C26H33N5O2.2C25H27ClN6O2.C25H30ClN5O2/c1-14-6-21-16(4-5-33-21)9-19(14)28-24-27-13-20-23(29-24)31(25(32)30(20)3)22-17-7-15-8-18(22)12-26(2,10-15)11-17;2*1-31-19-11-28-23(29-18-6-14-2-3-34-20(14)7-17(18)26)30-22(19)32(24(31)33)21-15-4-13-5-16(21)10-25(8-13,9-15)12-27;1-25-9-13-5-15(10-25)21(16(6-13)11-25)31-22-19(30(2)24(31)32)12-27-23(29-22)28-18-7-14-3-4-33-20(14)8-17(18)26/h6,9,13,15-18,21-22H,4-5,7-8,10-12H2,1-3H3,(H,27,28,29);2*6-7,11,13-16,20-21H,2-5,8-10H2,1H3,(H,28,29,30);7-8,12-16,20-21H,3-6,9-11H2,1-2H3,(H,27,28,29). The van der Waals surface area contributed by atoms with Gasteiger partial charge in [0.1, 0.15) is 22.1 Å². The molecule has 12 heterocycles. The zero-order valence-corrected chi connectivity index (χ0v) is 79.3. The lowest BCUT2D eigenvalue weighted by Crippen LogP contribution is -2.52. The summed E-state index contributed by atoms with van der Waals surface area (Å²) in [5.74, 6) is 9.80. The van der Waals surface area contributed by atoms with Crippen molar-refractivity contribution < 1.29 is 18.9 Å². The van der Waals surface area contributed by atoms with E-state index in [4.69, 9.17) is 73.7 Å². The third-order valence-electron chi connectivity index (χ3n) is 36.3. The first kappa shape index (κ1) is 85.8. The molecule has 16 bridgehead atoms. The van der Waals surface area contributed by atoms with Gasteiger partial charge in [-0.3, -0.25) is 36.5 Å². The maximum Gasteiger partial charge on any atom is 0.330 e. The number of nitriles is 2. The van der Waals surface area contributed by atoms with E-state index in [9.17, 15) is 29.7 Å². The molecule has 16 unspecified atom stereocenters. The van der Waals surface area contributed by atoms with Crippen molar-refractivity contribution in [3.8, 4) is 12.1 Å². The number of hydrogen-bond donors (Lipinski definition) is 4. The predicted octanol–water partition coefficient (Wildman–Crippen LogP) is 16.2. The number of aromatic nitrogens is 16. The fourth-order valence-corrected chi connectivity index (χ4v) is 32.4. The van der Waals surface area contributed by atoms with Crippen molar-refractivity contribution in [2.45, 2.75) is 223 Å². The molecule has 0 spiro atoms. The number of nitrogens with one attached hydrogen (secondary N) is 4. The average Bonchev–Trinajstić information content (AvgIpc) is 1.61. The predicted molar refractivity (Wildman–Crippen MR) is 508 cm³/mol. The van der Waals surface area contributed by atoms with Gasteiger partial charge in [-0.05, 0) is 267 Å². The summed E-state index contributed by atoms with van der Waals surface area (Å²) in [7, 11) is 7.26. The number of rotatable bonds is 12. The van der Waals surface area contributed by atoms with Crippen molar-refractivity contribution >= 4 is 103 Å². The first-order valence-corrected chi connectivity index (χ1v) is 50.6. The number of halogens is 3. The molecule has 4 aliphatic heterocycles. The van der Waals surface area contributed by atoms with Gasteiger partial charge in [-0.2, -0.15) is 30.5 Å². The molecule has 33 heteroatoms. The van der Waals surface area contributed by atoms with Crippen molar-refractivity contribution in [1.82, 2.24) is 76.4 Å². The summed E-state index contributed by atoms with van der Waals surface area (Å²) in [6.45, 7) is 10.1. The highest BCUT2D eigenvalue weighted by atomic mass is 35.5. The summed E-state index contributed by atoms with van der Waals surface area (Å²) in [5, 5.41) is 35.0. The van der Waals surface area contributed by atoms with Gasteiger partial charge in [-0.1, -0.05) is 79.0 Å². The number of nitrogens with zero attached hydrogens (tertiary/aromatic N) is 18. The Bertz CT molecular complexity index is 6430. The van der Waals surface area contributed by atoms with Crippen LogP contribution in [0.25, 0.3) is 44.7 Å². The van der Waals surface area contributed by atoms with Crippen LogP contribution in [-0.2, 0) is 47.1 Å². The lowest BCUT2D eigenvalue weighted by Gasteiger charge is -2.59. The number of anilines is 4. The van der Waals surface area contributed by atoms with E-state index < -0.39 is 0 Å². The molecule has 0 aromatic carbocycles. The number of ether oxygens (including phenoxy) is 4. The van der Waals surface area contributed by atoms with Gasteiger partial charge in [0, 0.05) is 108 Å². The fraction of sp³-hybridized carbons (Fsp3) is 0.624. The van der Waals surface area contributed by atoms with Crippen LogP contribution in [0.4, 0.5) is 23.8 Å². The van der Waals surface area contributed by atoms with Crippen LogP contribution in [-0.4, -0.2) is 127 Å². The average molecular weight is 1870 g/mol. The van der Waals surface area contributed by atoms with E-state index in [1.165, 1.54) is 64.2 Å². The van der Waals surface area contributed by atoms with E-state index in [1.54, 1.807) is 51.0 Å². The van der Waals surface area contributed by atoms with Gasteiger partial charge >= 0.3 is 22.8 Å². The van der Waals surface area contributed by atoms with Gasteiger partial charge in [0.25, 0.3) is 0 Å². The zero-order valence-electron chi connectivity index (χ0n) is 77.0. The second-order valence-electron chi connectivity index (χ2n) is 45.1. The highest BCUT2D eigenvalue weighted by molar-refractivity contribution is 6.33. The van der Waals surface area contributed by atoms with Gasteiger partial charge in [0.15, 0.2) is 22.6 Å². The Morgan fingerprint density at radius 1 is 0.351 bits per heavy atom.